The van der Waals surface area contributed by atoms with Gasteiger partial charge in [0.05, 0.1) is 12.6 Å². The first-order valence-corrected chi connectivity index (χ1v) is 6.70. The largest absolute Gasteiger partial charge is 0.493 e. The van der Waals surface area contributed by atoms with Crippen LogP contribution in [0.25, 0.3) is 0 Å². The van der Waals surface area contributed by atoms with Gasteiger partial charge in [0.15, 0.2) is 0 Å². The number of hydrogen-bond donors (Lipinski definition) is 1. The summed E-state index contributed by atoms with van der Waals surface area (Å²) < 4.78 is 5.60. The molecule has 0 spiro atoms. The lowest BCUT2D eigenvalue weighted by Gasteiger charge is -2.18. The molecule has 5 heteroatoms. The zero-order valence-corrected chi connectivity index (χ0v) is 11.8. The first-order valence-electron chi connectivity index (χ1n) is 5.88. The minimum absolute atomic E-state index is 0.177. The molecule has 1 aromatic rings. The monoisotopic (exact) mass is 287 g/mol. The number of halogens is 2. The highest BCUT2D eigenvalue weighted by Crippen LogP contribution is 2.36. The van der Waals surface area contributed by atoms with E-state index in [2.05, 4.69) is 5.32 Å². The predicted molar refractivity (Wildman–Crippen MR) is 72.5 cm³/mol. The minimum Gasteiger partial charge on any atom is -0.493 e. The van der Waals surface area contributed by atoms with Crippen LogP contribution in [0.4, 0.5) is 0 Å². The Hall–Kier alpha value is -0.930. The fourth-order valence-corrected chi connectivity index (χ4v) is 2.34. The molecule has 98 valence electrons. The van der Waals surface area contributed by atoms with Crippen LogP contribution in [0.15, 0.2) is 12.1 Å². The molecule has 1 aliphatic rings. The minimum atomic E-state index is -0.555. The van der Waals surface area contributed by atoms with E-state index in [1.807, 2.05) is 19.1 Å². The molecule has 1 heterocycles. The lowest BCUT2D eigenvalue weighted by atomic mass is 10.0. The number of carbonyl (C=O) groups excluding carboxylic acids is 1. The average molecular weight is 288 g/mol. The van der Waals surface area contributed by atoms with Gasteiger partial charge in [-0.1, -0.05) is 11.6 Å². The third kappa shape index (κ3) is 2.73. The Morgan fingerprint density at radius 3 is 2.83 bits per heavy atom. The number of carbonyl (C=O) groups is 1. The number of fused-ring (bicyclic) bond motifs is 1. The second-order valence-corrected chi connectivity index (χ2v) is 5.52. The van der Waals surface area contributed by atoms with E-state index in [0.717, 1.165) is 23.3 Å². The van der Waals surface area contributed by atoms with Crippen molar-refractivity contribution in [2.45, 2.75) is 31.7 Å². The van der Waals surface area contributed by atoms with Gasteiger partial charge in [-0.05, 0) is 31.5 Å². The Labute approximate surface area is 116 Å². The normalized spacial score (nSPS) is 16.7. The summed E-state index contributed by atoms with van der Waals surface area (Å²) in [5.41, 5.74) is 2.00. The van der Waals surface area contributed by atoms with Gasteiger partial charge in [0.25, 0.3) is 0 Å². The van der Waals surface area contributed by atoms with Gasteiger partial charge >= 0.3 is 0 Å². The molecule has 3 nitrogen and oxygen atoms in total. The Bertz CT molecular complexity index is 474. The Morgan fingerprint density at radius 2 is 2.17 bits per heavy atom. The van der Waals surface area contributed by atoms with Gasteiger partial charge in [-0.3, -0.25) is 4.79 Å². The van der Waals surface area contributed by atoms with Gasteiger partial charge in [-0.2, -0.15) is 0 Å². The molecular formula is C13H15Cl2NO2. The molecule has 0 aliphatic carbocycles. The van der Waals surface area contributed by atoms with Crippen LogP contribution in [0.1, 0.15) is 31.0 Å². The zero-order chi connectivity index (χ0) is 13.3. The molecule has 1 aromatic carbocycles. The van der Waals surface area contributed by atoms with Crippen molar-refractivity contribution in [1.82, 2.24) is 5.32 Å². The maximum atomic E-state index is 11.6. The lowest BCUT2D eigenvalue weighted by Crippen LogP contribution is -2.32. The first-order chi connectivity index (χ1) is 8.49. The molecule has 1 amide bonds. The third-order valence-electron chi connectivity index (χ3n) is 2.96. The molecule has 0 saturated heterocycles. The van der Waals surface area contributed by atoms with E-state index in [-0.39, 0.29) is 11.9 Å². The molecule has 0 fully saturated rings. The van der Waals surface area contributed by atoms with E-state index in [0.29, 0.717) is 11.6 Å². The van der Waals surface area contributed by atoms with Crippen LogP contribution in [-0.2, 0) is 11.2 Å². The summed E-state index contributed by atoms with van der Waals surface area (Å²) in [4.78, 5) is 11.6. The average Bonchev–Trinajstić information content (AvgIpc) is 2.75. The predicted octanol–water partition coefficient (Wildman–Crippen LogP) is 3.08. The van der Waals surface area contributed by atoms with Crippen LogP contribution >= 0.6 is 23.2 Å². The van der Waals surface area contributed by atoms with E-state index < -0.39 is 5.38 Å². The van der Waals surface area contributed by atoms with Crippen molar-refractivity contribution in [2.24, 2.45) is 0 Å². The van der Waals surface area contributed by atoms with E-state index in [4.69, 9.17) is 27.9 Å². The Balaban J connectivity index is 2.25. The van der Waals surface area contributed by atoms with E-state index >= 15 is 0 Å². The van der Waals surface area contributed by atoms with Gasteiger partial charge in [0.1, 0.15) is 11.1 Å². The standard InChI is InChI=1S/C13H15Cl2NO2/c1-7(14)13(17)16-8(2)11-6-10(15)5-9-3-4-18-12(9)11/h5-8H,3-4H2,1-2H3,(H,16,17). The molecular weight excluding hydrogens is 273 g/mol. The van der Waals surface area contributed by atoms with Gasteiger partial charge in [-0.25, -0.2) is 0 Å². The highest BCUT2D eigenvalue weighted by Gasteiger charge is 2.22. The molecule has 1 aliphatic heterocycles. The van der Waals surface area contributed by atoms with Gasteiger partial charge < -0.3 is 10.1 Å². The molecule has 2 rings (SSSR count). The number of amides is 1. The molecule has 0 saturated carbocycles. The number of ether oxygens (including phenoxy) is 1. The number of rotatable bonds is 3. The summed E-state index contributed by atoms with van der Waals surface area (Å²) in [6.07, 6.45) is 0.857. The summed E-state index contributed by atoms with van der Waals surface area (Å²) in [5, 5.41) is 2.95. The van der Waals surface area contributed by atoms with Crippen molar-refractivity contribution in [3.63, 3.8) is 0 Å². The zero-order valence-electron chi connectivity index (χ0n) is 10.3. The highest BCUT2D eigenvalue weighted by atomic mass is 35.5. The van der Waals surface area contributed by atoms with Gasteiger partial charge in [-0.15, -0.1) is 11.6 Å². The number of benzene rings is 1. The van der Waals surface area contributed by atoms with Crippen molar-refractivity contribution in [1.29, 1.82) is 0 Å². The van der Waals surface area contributed by atoms with Crippen molar-refractivity contribution in [3.8, 4) is 5.75 Å². The molecule has 0 bridgehead atoms. The maximum absolute atomic E-state index is 11.6. The van der Waals surface area contributed by atoms with Crippen molar-refractivity contribution < 1.29 is 9.53 Å². The fourth-order valence-electron chi connectivity index (χ4n) is 2.03. The third-order valence-corrected chi connectivity index (χ3v) is 3.38. The summed E-state index contributed by atoms with van der Waals surface area (Å²) in [5.74, 6) is 0.644. The second kappa shape index (κ2) is 5.37. The Morgan fingerprint density at radius 1 is 1.44 bits per heavy atom. The van der Waals surface area contributed by atoms with Crippen molar-refractivity contribution >= 4 is 29.1 Å². The van der Waals surface area contributed by atoms with E-state index in [9.17, 15) is 4.79 Å². The topological polar surface area (TPSA) is 38.3 Å². The fraction of sp³-hybridized carbons (Fsp3) is 0.462. The molecule has 1 N–H and O–H groups in total. The highest BCUT2D eigenvalue weighted by molar-refractivity contribution is 6.31. The first kappa shape index (κ1) is 13.5. The smallest absolute Gasteiger partial charge is 0.238 e. The number of hydrogen-bond acceptors (Lipinski definition) is 2. The summed E-state index contributed by atoms with van der Waals surface area (Å²) >= 11 is 11.8. The van der Waals surface area contributed by atoms with E-state index in [1.54, 1.807) is 6.92 Å². The maximum Gasteiger partial charge on any atom is 0.238 e. The van der Waals surface area contributed by atoms with Crippen LogP contribution < -0.4 is 10.1 Å². The molecule has 2 atom stereocenters. The van der Waals surface area contributed by atoms with Crippen molar-refractivity contribution in [3.05, 3.63) is 28.3 Å². The SMILES string of the molecule is CC(Cl)C(=O)NC(C)c1cc(Cl)cc2c1OCC2. The second-order valence-electron chi connectivity index (χ2n) is 4.43. The van der Waals surface area contributed by atoms with Gasteiger partial charge in [0, 0.05) is 17.0 Å². The van der Waals surface area contributed by atoms with Crippen LogP contribution in [0, 0.1) is 0 Å². The van der Waals surface area contributed by atoms with E-state index in [1.165, 1.54) is 0 Å². The van der Waals surface area contributed by atoms with Gasteiger partial charge in [0.2, 0.25) is 5.91 Å². The van der Waals surface area contributed by atoms with Crippen LogP contribution in [0.3, 0.4) is 0 Å². The van der Waals surface area contributed by atoms with Crippen LogP contribution in [-0.4, -0.2) is 17.9 Å². The number of alkyl halides is 1. The van der Waals surface area contributed by atoms with Crippen LogP contribution in [0.2, 0.25) is 5.02 Å². The molecule has 0 aromatic heterocycles. The quantitative estimate of drug-likeness (QED) is 0.868. The molecule has 0 radical (unpaired) electrons. The van der Waals surface area contributed by atoms with Crippen LogP contribution in [0.5, 0.6) is 5.75 Å². The Kier molecular flexibility index (Phi) is 4.03. The lowest BCUT2D eigenvalue weighted by molar-refractivity contribution is -0.121. The molecule has 2 unspecified atom stereocenters. The summed E-state index contributed by atoms with van der Waals surface area (Å²) in [6, 6.07) is 3.56. The summed E-state index contributed by atoms with van der Waals surface area (Å²) in [6.45, 7) is 4.20. The number of nitrogens with one attached hydrogen (secondary N) is 1. The summed E-state index contributed by atoms with van der Waals surface area (Å²) in [7, 11) is 0. The molecule has 18 heavy (non-hydrogen) atoms. The van der Waals surface area contributed by atoms with Crippen molar-refractivity contribution in [2.75, 3.05) is 6.61 Å².